The van der Waals surface area contributed by atoms with Crippen molar-refractivity contribution in [3.63, 3.8) is 0 Å². The standard InChI is InChI=1S/C18H23BrFNO3/c1-11(13-6-8-24-9-7-13)21-12(2)17(18(22)23-3)15-5-4-14(20)10-16(15)19/h4-5,10-11,13,21H,6-9H2,1-3H3. The summed E-state index contributed by atoms with van der Waals surface area (Å²) < 4.78 is 24.2. The zero-order chi connectivity index (χ0) is 17.7. The Hall–Kier alpha value is -1.40. The van der Waals surface area contributed by atoms with Crippen molar-refractivity contribution in [2.45, 2.75) is 32.7 Å². The molecule has 0 radical (unpaired) electrons. The van der Waals surface area contributed by atoms with E-state index in [0.29, 0.717) is 27.2 Å². The summed E-state index contributed by atoms with van der Waals surface area (Å²) in [6.45, 7) is 5.49. The maximum absolute atomic E-state index is 13.4. The Balaban J connectivity index is 2.30. The Kier molecular flexibility index (Phi) is 6.80. The molecule has 6 heteroatoms. The zero-order valence-electron chi connectivity index (χ0n) is 14.2. The quantitative estimate of drug-likeness (QED) is 0.602. The van der Waals surface area contributed by atoms with Gasteiger partial charge in [0.15, 0.2) is 0 Å². The third kappa shape index (κ3) is 4.57. The van der Waals surface area contributed by atoms with Crippen LogP contribution in [0.5, 0.6) is 0 Å². The minimum Gasteiger partial charge on any atom is -0.465 e. The van der Waals surface area contributed by atoms with Gasteiger partial charge in [-0.05, 0) is 44.7 Å². The van der Waals surface area contributed by atoms with E-state index in [1.54, 1.807) is 6.07 Å². The lowest BCUT2D eigenvalue weighted by Crippen LogP contribution is -2.36. The van der Waals surface area contributed by atoms with Crippen molar-refractivity contribution in [2.24, 2.45) is 5.92 Å². The number of esters is 1. The van der Waals surface area contributed by atoms with E-state index in [0.717, 1.165) is 26.1 Å². The molecule has 0 bridgehead atoms. The summed E-state index contributed by atoms with van der Waals surface area (Å²) in [5.41, 5.74) is 1.73. The number of rotatable bonds is 5. The van der Waals surface area contributed by atoms with Crippen molar-refractivity contribution in [3.8, 4) is 0 Å². The maximum atomic E-state index is 13.4. The van der Waals surface area contributed by atoms with Crippen LogP contribution < -0.4 is 5.32 Å². The summed E-state index contributed by atoms with van der Waals surface area (Å²) >= 11 is 3.33. The van der Waals surface area contributed by atoms with Crippen LogP contribution in [0.25, 0.3) is 5.57 Å². The van der Waals surface area contributed by atoms with E-state index in [9.17, 15) is 9.18 Å². The molecule has 1 aromatic carbocycles. The highest BCUT2D eigenvalue weighted by Gasteiger charge is 2.24. The van der Waals surface area contributed by atoms with Gasteiger partial charge in [-0.2, -0.15) is 0 Å². The number of carbonyl (C=O) groups excluding carboxylic acids is 1. The average molecular weight is 400 g/mol. The van der Waals surface area contributed by atoms with Crippen LogP contribution >= 0.6 is 15.9 Å². The Morgan fingerprint density at radius 2 is 2.08 bits per heavy atom. The molecule has 1 aliphatic heterocycles. The normalized spacial score (nSPS) is 17.9. The van der Waals surface area contributed by atoms with E-state index in [2.05, 4.69) is 28.2 Å². The Morgan fingerprint density at radius 1 is 1.42 bits per heavy atom. The van der Waals surface area contributed by atoms with Gasteiger partial charge in [-0.1, -0.05) is 22.0 Å². The smallest absolute Gasteiger partial charge is 0.340 e. The molecular weight excluding hydrogens is 377 g/mol. The first-order chi connectivity index (χ1) is 11.4. The van der Waals surface area contributed by atoms with Crippen molar-refractivity contribution < 1.29 is 18.7 Å². The minimum atomic E-state index is -0.452. The van der Waals surface area contributed by atoms with E-state index < -0.39 is 5.97 Å². The fraction of sp³-hybridized carbons (Fsp3) is 0.500. The molecule has 1 saturated heterocycles. The summed E-state index contributed by atoms with van der Waals surface area (Å²) in [7, 11) is 1.34. The van der Waals surface area contributed by atoms with E-state index in [-0.39, 0.29) is 11.9 Å². The average Bonchev–Trinajstić information content (AvgIpc) is 2.57. The number of nitrogens with one attached hydrogen (secondary N) is 1. The topological polar surface area (TPSA) is 47.6 Å². The largest absolute Gasteiger partial charge is 0.465 e. The van der Waals surface area contributed by atoms with Gasteiger partial charge in [0.05, 0.1) is 12.7 Å². The van der Waals surface area contributed by atoms with E-state index in [4.69, 9.17) is 9.47 Å². The van der Waals surface area contributed by atoms with Crippen LogP contribution in [0.1, 0.15) is 32.3 Å². The molecule has 0 aliphatic carbocycles. The first kappa shape index (κ1) is 18.9. The fourth-order valence-corrected chi connectivity index (χ4v) is 3.56. The molecule has 0 spiro atoms. The highest BCUT2D eigenvalue weighted by Crippen LogP contribution is 2.29. The van der Waals surface area contributed by atoms with Gasteiger partial charge in [-0.3, -0.25) is 0 Å². The van der Waals surface area contributed by atoms with Crippen LogP contribution in [-0.4, -0.2) is 32.3 Å². The highest BCUT2D eigenvalue weighted by atomic mass is 79.9. The molecule has 1 aliphatic rings. The minimum absolute atomic E-state index is 0.202. The van der Waals surface area contributed by atoms with Gasteiger partial charge in [-0.15, -0.1) is 0 Å². The molecule has 0 amide bonds. The van der Waals surface area contributed by atoms with Gasteiger partial charge < -0.3 is 14.8 Å². The second-order valence-corrected chi connectivity index (χ2v) is 6.85. The Morgan fingerprint density at radius 3 is 2.67 bits per heavy atom. The molecule has 0 aromatic heterocycles. The van der Waals surface area contributed by atoms with Crippen LogP contribution in [0.2, 0.25) is 0 Å². The number of hydrogen-bond acceptors (Lipinski definition) is 4. The van der Waals surface area contributed by atoms with Gasteiger partial charge in [0.1, 0.15) is 5.82 Å². The number of benzene rings is 1. The van der Waals surface area contributed by atoms with Gasteiger partial charge in [-0.25, -0.2) is 9.18 Å². The first-order valence-corrected chi connectivity index (χ1v) is 8.82. The van der Waals surface area contributed by atoms with Gasteiger partial charge in [0.2, 0.25) is 0 Å². The molecule has 2 rings (SSSR count). The third-order valence-corrected chi connectivity index (χ3v) is 5.04. The van der Waals surface area contributed by atoms with Crippen molar-refractivity contribution in [3.05, 3.63) is 39.7 Å². The van der Waals surface area contributed by atoms with Crippen LogP contribution in [0, 0.1) is 11.7 Å². The second-order valence-electron chi connectivity index (χ2n) is 6.00. The summed E-state index contributed by atoms with van der Waals surface area (Å²) in [6.07, 6.45) is 1.99. The summed E-state index contributed by atoms with van der Waals surface area (Å²) in [5.74, 6) is -0.327. The Labute approximate surface area is 150 Å². The van der Waals surface area contributed by atoms with Crippen molar-refractivity contribution >= 4 is 27.5 Å². The molecule has 1 N–H and O–H groups in total. The van der Waals surface area contributed by atoms with Crippen molar-refractivity contribution in [1.82, 2.24) is 5.32 Å². The van der Waals surface area contributed by atoms with Crippen LogP contribution in [0.3, 0.4) is 0 Å². The van der Waals surface area contributed by atoms with Crippen molar-refractivity contribution in [1.29, 1.82) is 0 Å². The predicted molar refractivity (Wildman–Crippen MR) is 94.9 cm³/mol. The lowest BCUT2D eigenvalue weighted by molar-refractivity contribution is -0.133. The molecule has 0 saturated carbocycles. The second kappa shape index (κ2) is 8.62. The lowest BCUT2D eigenvalue weighted by atomic mass is 9.92. The highest BCUT2D eigenvalue weighted by molar-refractivity contribution is 9.10. The zero-order valence-corrected chi connectivity index (χ0v) is 15.8. The lowest BCUT2D eigenvalue weighted by Gasteiger charge is -2.30. The van der Waals surface area contributed by atoms with Crippen LogP contribution in [-0.2, 0) is 14.3 Å². The Bertz CT molecular complexity index is 627. The summed E-state index contributed by atoms with van der Waals surface area (Å²) in [6, 6.07) is 4.45. The van der Waals surface area contributed by atoms with Gasteiger partial charge >= 0.3 is 5.97 Å². The molecule has 1 unspecified atom stereocenters. The molecule has 1 atom stereocenters. The summed E-state index contributed by atoms with van der Waals surface area (Å²) in [5, 5.41) is 3.41. The van der Waals surface area contributed by atoms with E-state index in [1.807, 2.05) is 6.92 Å². The predicted octanol–water partition coefficient (Wildman–Crippen LogP) is 3.90. The first-order valence-electron chi connectivity index (χ1n) is 8.03. The van der Waals surface area contributed by atoms with Gasteiger partial charge in [0, 0.05) is 35.0 Å². The van der Waals surface area contributed by atoms with E-state index >= 15 is 0 Å². The molecule has 1 aromatic rings. The number of allylic oxidation sites excluding steroid dienone is 1. The molecule has 24 heavy (non-hydrogen) atoms. The number of halogens is 2. The van der Waals surface area contributed by atoms with Gasteiger partial charge in [0.25, 0.3) is 0 Å². The summed E-state index contributed by atoms with van der Waals surface area (Å²) in [4.78, 5) is 12.3. The van der Waals surface area contributed by atoms with Crippen molar-refractivity contribution in [2.75, 3.05) is 20.3 Å². The molecule has 4 nitrogen and oxygen atoms in total. The molecule has 132 valence electrons. The van der Waals surface area contributed by atoms with Crippen LogP contribution in [0.4, 0.5) is 4.39 Å². The fourth-order valence-electron chi connectivity index (χ4n) is 3.01. The van der Waals surface area contributed by atoms with Crippen LogP contribution in [0.15, 0.2) is 28.4 Å². The SMILES string of the molecule is COC(=O)C(=C(C)NC(C)C1CCOCC1)c1ccc(F)cc1Br. The van der Waals surface area contributed by atoms with E-state index in [1.165, 1.54) is 19.2 Å². The number of methoxy groups -OCH3 is 1. The molecular formula is C18H23BrFNO3. The molecule has 1 heterocycles. The third-order valence-electron chi connectivity index (χ3n) is 4.38. The number of hydrogen-bond donors (Lipinski definition) is 1. The monoisotopic (exact) mass is 399 g/mol. The maximum Gasteiger partial charge on any atom is 0.340 e. The number of carbonyl (C=O) groups is 1. The molecule has 1 fully saturated rings. The number of ether oxygens (including phenoxy) is 2.